The van der Waals surface area contributed by atoms with Crippen LogP contribution in [-0.2, 0) is 11.3 Å². The van der Waals surface area contributed by atoms with Gasteiger partial charge in [-0.25, -0.2) is 0 Å². The van der Waals surface area contributed by atoms with Crippen LogP contribution in [0.4, 0.5) is 0 Å². The quantitative estimate of drug-likeness (QED) is 0.870. The van der Waals surface area contributed by atoms with Gasteiger partial charge in [-0.15, -0.1) is 0 Å². The number of rotatable bonds is 4. The Labute approximate surface area is 114 Å². The third kappa shape index (κ3) is 3.70. The summed E-state index contributed by atoms with van der Waals surface area (Å²) in [5.74, 6) is 0.479. The molecule has 0 unspecified atom stereocenters. The van der Waals surface area contributed by atoms with Crippen molar-refractivity contribution in [3.05, 3.63) is 29.3 Å². The van der Waals surface area contributed by atoms with Crippen LogP contribution in [0.2, 0.25) is 0 Å². The third-order valence-corrected chi connectivity index (χ3v) is 3.62. The Balaban J connectivity index is 1.79. The van der Waals surface area contributed by atoms with E-state index in [-0.39, 0.29) is 5.91 Å². The Bertz CT molecular complexity index is 440. The second kappa shape index (κ2) is 6.57. The third-order valence-electron chi connectivity index (χ3n) is 3.62. The summed E-state index contributed by atoms with van der Waals surface area (Å²) in [6.45, 7) is 4.50. The monoisotopic (exact) mass is 262 g/mol. The van der Waals surface area contributed by atoms with E-state index >= 15 is 0 Å². The lowest BCUT2D eigenvalue weighted by molar-refractivity contribution is -0.131. The van der Waals surface area contributed by atoms with Crippen LogP contribution in [0.15, 0.2) is 18.2 Å². The van der Waals surface area contributed by atoms with Crippen LogP contribution in [0.1, 0.15) is 30.4 Å². The number of aryl methyl sites for hydroxylation is 1. The summed E-state index contributed by atoms with van der Waals surface area (Å²) >= 11 is 0. The first-order valence-electron chi connectivity index (χ1n) is 6.94. The average molecular weight is 262 g/mol. The van der Waals surface area contributed by atoms with Gasteiger partial charge in [0.1, 0.15) is 5.75 Å². The Morgan fingerprint density at radius 3 is 2.79 bits per heavy atom. The maximum absolute atomic E-state index is 11.9. The lowest BCUT2D eigenvalue weighted by Gasteiger charge is -2.26. The molecule has 1 fully saturated rings. The van der Waals surface area contributed by atoms with Crippen molar-refractivity contribution in [3.8, 4) is 5.75 Å². The van der Waals surface area contributed by atoms with E-state index in [9.17, 15) is 9.90 Å². The molecule has 1 aromatic carbocycles. The SMILES string of the molecule is Cc1cccc(CNCC(=O)N2CCCCC2)c1O. The van der Waals surface area contributed by atoms with Crippen molar-refractivity contribution in [3.63, 3.8) is 0 Å². The summed E-state index contributed by atoms with van der Waals surface area (Å²) in [4.78, 5) is 13.9. The number of nitrogens with zero attached hydrogens (tertiary/aromatic N) is 1. The number of carbonyl (C=O) groups is 1. The molecular weight excluding hydrogens is 240 g/mol. The highest BCUT2D eigenvalue weighted by molar-refractivity contribution is 5.78. The van der Waals surface area contributed by atoms with E-state index < -0.39 is 0 Å². The van der Waals surface area contributed by atoms with E-state index in [4.69, 9.17) is 0 Å². The van der Waals surface area contributed by atoms with Gasteiger partial charge in [0, 0.05) is 25.2 Å². The molecule has 0 radical (unpaired) electrons. The van der Waals surface area contributed by atoms with E-state index in [0.717, 1.165) is 37.1 Å². The van der Waals surface area contributed by atoms with E-state index in [1.54, 1.807) is 0 Å². The summed E-state index contributed by atoms with van der Waals surface area (Å²) in [6, 6.07) is 5.66. The summed E-state index contributed by atoms with van der Waals surface area (Å²) in [6.07, 6.45) is 3.46. The molecule has 0 bridgehead atoms. The van der Waals surface area contributed by atoms with Crippen molar-refractivity contribution in [1.82, 2.24) is 10.2 Å². The lowest BCUT2D eigenvalue weighted by atomic mass is 10.1. The fourth-order valence-corrected chi connectivity index (χ4v) is 2.42. The number of phenolic OH excluding ortho intramolecular Hbond substituents is 1. The molecule has 2 rings (SSSR count). The highest BCUT2D eigenvalue weighted by atomic mass is 16.3. The van der Waals surface area contributed by atoms with E-state index in [1.807, 2.05) is 30.0 Å². The molecule has 1 saturated heterocycles. The summed E-state index contributed by atoms with van der Waals surface area (Å²) in [5, 5.41) is 13.0. The molecular formula is C15H22N2O2. The smallest absolute Gasteiger partial charge is 0.236 e. The first-order chi connectivity index (χ1) is 9.18. The molecule has 0 aliphatic carbocycles. The van der Waals surface area contributed by atoms with Crippen LogP contribution in [-0.4, -0.2) is 35.5 Å². The second-order valence-electron chi connectivity index (χ2n) is 5.13. The minimum absolute atomic E-state index is 0.159. The van der Waals surface area contributed by atoms with Crippen LogP contribution < -0.4 is 5.32 Å². The zero-order chi connectivity index (χ0) is 13.7. The van der Waals surface area contributed by atoms with E-state index in [2.05, 4.69) is 5.32 Å². The van der Waals surface area contributed by atoms with Gasteiger partial charge in [0.2, 0.25) is 5.91 Å². The number of amides is 1. The van der Waals surface area contributed by atoms with Crippen molar-refractivity contribution in [2.24, 2.45) is 0 Å². The zero-order valence-electron chi connectivity index (χ0n) is 11.5. The lowest BCUT2D eigenvalue weighted by Crippen LogP contribution is -2.40. The molecule has 1 aliphatic heterocycles. The maximum Gasteiger partial charge on any atom is 0.236 e. The van der Waals surface area contributed by atoms with Gasteiger partial charge in [-0.1, -0.05) is 18.2 Å². The molecule has 104 valence electrons. The number of aromatic hydroxyl groups is 1. The van der Waals surface area contributed by atoms with Crippen molar-refractivity contribution < 1.29 is 9.90 Å². The van der Waals surface area contributed by atoms with Gasteiger partial charge in [0.05, 0.1) is 6.54 Å². The predicted octanol–water partition coefficient (Wildman–Crippen LogP) is 1.80. The largest absolute Gasteiger partial charge is 0.507 e. The molecule has 4 nitrogen and oxygen atoms in total. The highest BCUT2D eigenvalue weighted by Gasteiger charge is 2.15. The number of hydrogen-bond donors (Lipinski definition) is 2. The molecule has 0 spiro atoms. The van der Waals surface area contributed by atoms with Gasteiger partial charge in [-0.2, -0.15) is 0 Å². The zero-order valence-corrected chi connectivity index (χ0v) is 11.5. The fraction of sp³-hybridized carbons (Fsp3) is 0.533. The topological polar surface area (TPSA) is 52.6 Å². The minimum atomic E-state index is 0.159. The van der Waals surface area contributed by atoms with Gasteiger partial charge in [0.15, 0.2) is 0 Å². The van der Waals surface area contributed by atoms with Crippen LogP contribution in [0, 0.1) is 6.92 Å². The van der Waals surface area contributed by atoms with E-state index in [1.165, 1.54) is 6.42 Å². The molecule has 1 aliphatic rings. The number of benzene rings is 1. The maximum atomic E-state index is 11.9. The number of hydrogen-bond acceptors (Lipinski definition) is 3. The first kappa shape index (κ1) is 13.9. The average Bonchev–Trinajstić information content (AvgIpc) is 2.44. The van der Waals surface area contributed by atoms with Gasteiger partial charge < -0.3 is 15.3 Å². The number of para-hydroxylation sites is 1. The van der Waals surface area contributed by atoms with Crippen molar-refractivity contribution in [2.45, 2.75) is 32.7 Å². The van der Waals surface area contributed by atoms with Crippen molar-refractivity contribution >= 4 is 5.91 Å². The Kier molecular flexibility index (Phi) is 4.80. The fourth-order valence-electron chi connectivity index (χ4n) is 2.42. The number of piperidine rings is 1. The Morgan fingerprint density at radius 2 is 2.05 bits per heavy atom. The summed E-state index contributed by atoms with van der Waals surface area (Å²) < 4.78 is 0. The van der Waals surface area contributed by atoms with Gasteiger partial charge >= 0.3 is 0 Å². The normalized spacial score (nSPS) is 15.5. The molecule has 0 atom stereocenters. The number of phenols is 1. The van der Waals surface area contributed by atoms with Crippen LogP contribution in [0.25, 0.3) is 0 Å². The minimum Gasteiger partial charge on any atom is -0.507 e. The summed E-state index contributed by atoms with van der Waals surface area (Å²) in [7, 11) is 0. The van der Waals surface area contributed by atoms with Gasteiger partial charge in [0.25, 0.3) is 0 Å². The van der Waals surface area contributed by atoms with Crippen molar-refractivity contribution in [1.29, 1.82) is 0 Å². The van der Waals surface area contributed by atoms with Crippen LogP contribution in [0.3, 0.4) is 0 Å². The van der Waals surface area contributed by atoms with E-state index in [0.29, 0.717) is 18.8 Å². The molecule has 0 aromatic heterocycles. The molecule has 1 amide bonds. The molecule has 4 heteroatoms. The number of carbonyl (C=O) groups excluding carboxylic acids is 1. The number of nitrogens with one attached hydrogen (secondary N) is 1. The molecule has 2 N–H and O–H groups in total. The second-order valence-corrected chi connectivity index (χ2v) is 5.13. The molecule has 1 heterocycles. The highest BCUT2D eigenvalue weighted by Crippen LogP contribution is 2.20. The van der Waals surface area contributed by atoms with Crippen LogP contribution in [0.5, 0.6) is 5.75 Å². The Hall–Kier alpha value is -1.55. The van der Waals surface area contributed by atoms with Crippen LogP contribution >= 0.6 is 0 Å². The summed E-state index contributed by atoms with van der Waals surface area (Å²) in [5.41, 5.74) is 1.70. The predicted molar refractivity (Wildman–Crippen MR) is 75.0 cm³/mol. The van der Waals surface area contributed by atoms with Crippen molar-refractivity contribution in [2.75, 3.05) is 19.6 Å². The first-order valence-corrected chi connectivity index (χ1v) is 6.94. The van der Waals surface area contributed by atoms with Gasteiger partial charge in [-0.3, -0.25) is 4.79 Å². The number of likely N-dealkylation sites (tertiary alicyclic amines) is 1. The van der Waals surface area contributed by atoms with Gasteiger partial charge in [-0.05, 0) is 31.7 Å². The molecule has 19 heavy (non-hydrogen) atoms. The molecule has 1 aromatic rings. The standard InChI is InChI=1S/C15H22N2O2/c1-12-6-5-7-13(15(12)19)10-16-11-14(18)17-8-3-2-4-9-17/h5-7,16,19H,2-4,8-11H2,1H3. The Morgan fingerprint density at radius 1 is 1.32 bits per heavy atom. The molecule has 0 saturated carbocycles.